The van der Waals surface area contributed by atoms with E-state index in [4.69, 9.17) is 4.74 Å². The molecular formula is C25H28N2O6. The van der Waals surface area contributed by atoms with Crippen LogP contribution in [0.2, 0.25) is 0 Å². The van der Waals surface area contributed by atoms with Crippen LogP contribution in [-0.2, 0) is 14.3 Å². The topological polar surface area (TPSA) is 125 Å². The summed E-state index contributed by atoms with van der Waals surface area (Å²) in [5.41, 5.74) is 4.51. The minimum Gasteiger partial charge on any atom is -0.480 e. The number of aliphatic carboxylic acids is 1. The van der Waals surface area contributed by atoms with Crippen LogP contribution in [0.25, 0.3) is 11.1 Å². The second kappa shape index (κ2) is 9.62. The van der Waals surface area contributed by atoms with E-state index in [2.05, 4.69) is 22.8 Å². The molecule has 2 unspecified atom stereocenters. The first-order chi connectivity index (χ1) is 15.9. The third kappa shape index (κ3) is 4.71. The number of carbonyl (C=O) groups is 3. The minimum atomic E-state index is -1.40. The van der Waals surface area contributed by atoms with Crippen LogP contribution in [0.3, 0.4) is 0 Å². The number of carboxylic acids is 1. The fraction of sp³-hybridized carbons (Fsp3) is 0.400. The number of hydrogen-bond donors (Lipinski definition) is 4. The summed E-state index contributed by atoms with van der Waals surface area (Å²) in [6.45, 7) is 1.48. The Labute approximate surface area is 192 Å². The van der Waals surface area contributed by atoms with Gasteiger partial charge in [0.25, 0.3) is 0 Å². The molecule has 2 aromatic rings. The van der Waals surface area contributed by atoms with Crippen LogP contribution in [0.5, 0.6) is 0 Å². The van der Waals surface area contributed by atoms with Gasteiger partial charge in [0, 0.05) is 12.0 Å². The average molecular weight is 453 g/mol. The van der Waals surface area contributed by atoms with Crippen molar-refractivity contribution in [3.8, 4) is 11.1 Å². The number of ether oxygens (including phenoxy) is 1. The average Bonchev–Trinajstić information content (AvgIpc) is 3.38. The summed E-state index contributed by atoms with van der Waals surface area (Å²) in [4.78, 5) is 36.5. The lowest BCUT2D eigenvalue weighted by molar-refractivity contribution is -0.145. The van der Waals surface area contributed by atoms with E-state index >= 15 is 0 Å². The van der Waals surface area contributed by atoms with Crippen molar-refractivity contribution in [3.63, 3.8) is 0 Å². The number of benzene rings is 2. The molecule has 1 fully saturated rings. The maximum Gasteiger partial charge on any atom is 0.407 e. The second-order valence-electron chi connectivity index (χ2n) is 8.68. The molecule has 0 heterocycles. The van der Waals surface area contributed by atoms with Crippen molar-refractivity contribution < 1.29 is 29.3 Å². The summed E-state index contributed by atoms with van der Waals surface area (Å²) in [5, 5.41) is 24.0. The predicted octanol–water partition coefficient (Wildman–Crippen LogP) is 2.64. The van der Waals surface area contributed by atoms with Crippen LogP contribution >= 0.6 is 0 Å². The molecule has 174 valence electrons. The normalized spacial score (nSPS) is 20.9. The van der Waals surface area contributed by atoms with Crippen molar-refractivity contribution in [1.82, 2.24) is 10.6 Å². The van der Waals surface area contributed by atoms with Crippen molar-refractivity contribution in [3.05, 3.63) is 59.7 Å². The van der Waals surface area contributed by atoms with Gasteiger partial charge in [0.05, 0.1) is 12.0 Å². The Hall–Kier alpha value is -3.39. The Kier molecular flexibility index (Phi) is 6.65. The Balaban J connectivity index is 1.37. The van der Waals surface area contributed by atoms with Crippen LogP contribution < -0.4 is 10.6 Å². The number of fused-ring (bicyclic) bond motifs is 3. The fourth-order valence-corrected chi connectivity index (χ4v) is 4.89. The van der Waals surface area contributed by atoms with Gasteiger partial charge in [-0.25, -0.2) is 9.59 Å². The van der Waals surface area contributed by atoms with Gasteiger partial charge in [-0.1, -0.05) is 55.0 Å². The molecule has 0 radical (unpaired) electrons. The minimum absolute atomic E-state index is 0.0619. The summed E-state index contributed by atoms with van der Waals surface area (Å²) < 4.78 is 5.57. The lowest BCUT2D eigenvalue weighted by atomic mass is 9.98. The van der Waals surface area contributed by atoms with Gasteiger partial charge in [-0.3, -0.25) is 4.79 Å². The largest absolute Gasteiger partial charge is 0.480 e. The van der Waals surface area contributed by atoms with Crippen LogP contribution in [0.4, 0.5) is 4.79 Å². The number of alkyl carbamates (subject to hydrolysis) is 1. The molecule has 0 aromatic heterocycles. The van der Waals surface area contributed by atoms with Crippen molar-refractivity contribution in [2.45, 2.75) is 50.3 Å². The summed E-state index contributed by atoms with van der Waals surface area (Å²) in [6.07, 6.45) is -0.00640. The molecule has 8 nitrogen and oxygen atoms in total. The number of carbonyl (C=O) groups excluding carboxylic acids is 2. The molecule has 2 amide bonds. The molecule has 0 spiro atoms. The third-order valence-electron chi connectivity index (χ3n) is 6.55. The fourth-order valence-electron chi connectivity index (χ4n) is 4.89. The Morgan fingerprint density at radius 1 is 1.03 bits per heavy atom. The second-order valence-corrected chi connectivity index (χ2v) is 8.68. The Bertz CT molecular complexity index is 1010. The number of carboxylic acid groups (broad SMARTS) is 1. The molecule has 0 aliphatic heterocycles. The van der Waals surface area contributed by atoms with Gasteiger partial charge in [0.1, 0.15) is 6.61 Å². The lowest BCUT2D eigenvalue weighted by Crippen LogP contribution is -2.52. The molecule has 1 saturated carbocycles. The van der Waals surface area contributed by atoms with Crippen molar-refractivity contribution in [2.75, 3.05) is 6.61 Å². The first-order valence-electron chi connectivity index (χ1n) is 11.2. The molecule has 4 N–H and O–H groups in total. The first-order valence-corrected chi connectivity index (χ1v) is 11.2. The summed E-state index contributed by atoms with van der Waals surface area (Å²) >= 11 is 0. The zero-order valence-corrected chi connectivity index (χ0v) is 18.4. The highest BCUT2D eigenvalue weighted by Crippen LogP contribution is 2.44. The van der Waals surface area contributed by atoms with Crippen molar-refractivity contribution in [1.29, 1.82) is 0 Å². The van der Waals surface area contributed by atoms with Gasteiger partial charge in [-0.15, -0.1) is 0 Å². The van der Waals surface area contributed by atoms with E-state index in [1.165, 1.54) is 6.92 Å². The van der Waals surface area contributed by atoms with Gasteiger partial charge in [-0.05, 0) is 42.0 Å². The quantitative estimate of drug-likeness (QED) is 0.512. The predicted molar refractivity (Wildman–Crippen MR) is 121 cm³/mol. The van der Waals surface area contributed by atoms with E-state index in [9.17, 15) is 24.6 Å². The summed E-state index contributed by atoms with van der Waals surface area (Å²) in [5.74, 6) is -2.44. The van der Waals surface area contributed by atoms with E-state index in [1.54, 1.807) is 0 Å². The Morgan fingerprint density at radius 3 is 2.21 bits per heavy atom. The molecule has 2 aromatic carbocycles. The molecule has 33 heavy (non-hydrogen) atoms. The zero-order chi connectivity index (χ0) is 23.5. The number of rotatable bonds is 7. The number of aliphatic hydroxyl groups excluding tert-OH is 1. The number of nitrogens with one attached hydrogen (secondary N) is 2. The number of amides is 2. The molecule has 4 atom stereocenters. The standard InChI is InChI=1S/C25H28N2O6/c1-14(28)22(24(30)31)27-23(29)19-11-6-12-21(19)26-25(32)33-13-20-17-9-4-2-7-15(17)16-8-3-5-10-18(16)20/h2-5,7-10,14,19-22,28H,6,11-13H2,1H3,(H,26,32)(H,27,29)(H,30,31)/t14-,19?,21?,22+/m1/s1. The summed E-state index contributed by atoms with van der Waals surface area (Å²) in [7, 11) is 0. The van der Waals surface area contributed by atoms with Crippen LogP contribution in [-0.4, -0.2) is 53.0 Å². The lowest BCUT2D eigenvalue weighted by Gasteiger charge is -2.24. The van der Waals surface area contributed by atoms with Gasteiger partial charge >= 0.3 is 12.1 Å². The maximum atomic E-state index is 12.6. The number of aliphatic hydroxyl groups is 1. The van der Waals surface area contributed by atoms with Gasteiger partial charge in [0.15, 0.2) is 6.04 Å². The van der Waals surface area contributed by atoms with E-state index in [0.717, 1.165) is 28.7 Å². The van der Waals surface area contributed by atoms with Crippen LogP contribution in [0, 0.1) is 5.92 Å². The van der Waals surface area contributed by atoms with Crippen LogP contribution in [0.15, 0.2) is 48.5 Å². The first kappa shape index (κ1) is 22.8. The highest BCUT2D eigenvalue weighted by molar-refractivity contribution is 5.86. The summed E-state index contributed by atoms with van der Waals surface area (Å²) in [6, 6.07) is 14.3. The third-order valence-corrected chi connectivity index (χ3v) is 6.55. The van der Waals surface area contributed by atoms with Crippen molar-refractivity contribution in [2.24, 2.45) is 5.92 Å². The Morgan fingerprint density at radius 2 is 1.64 bits per heavy atom. The maximum absolute atomic E-state index is 12.6. The van der Waals surface area contributed by atoms with Gasteiger partial charge in [-0.2, -0.15) is 0 Å². The molecule has 0 bridgehead atoms. The molecule has 0 saturated heterocycles. The van der Waals surface area contributed by atoms with Gasteiger partial charge < -0.3 is 25.6 Å². The van der Waals surface area contributed by atoms with Crippen molar-refractivity contribution >= 4 is 18.0 Å². The smallest absolute Gasteiger partial charge is 0.407 e. The van der Waals surface area contributed by atoms with E-state index < -0.39 is 42.1 Å². The molecule has 2 aliphatic carbocycles. The van der Waals surface area contributed by atoms with E-state index in [-0.39, 0.29) is 12.5 Å². The van der Waals surface area contributed by atoms with E-state index in [1.807, 2.05) is 36.4 Å². The van der Waals surface area contributed by atoms with Crippen LogP contribution in [0.1, 0.15) is 43.2 Å². The number of hydrogen-bond acceptors (Lipinski definition) is 5. The monoisotopic (exact) mass is 452 g/mol. The van der Waals surface area contributed by atoms with E-state index in [0.29, 0.717) is 12.8 Å². The zero-order valence-electron chi connectivity index (χ0n) is 18.4. The molecular weight excluding hydrogens is 424 g/mol. The molecule has 8 heteroatoms. The highest BCUT2D eigenvalue weighted by Gasteiger charge is 2.37. The SMILES string of the molecule is C[C@@H](O)[C@H](NC(=O)C1CCCC1NC(=O)OCC1c2ccccc2-c2ccccc21)C(=O)O. The highest BCUT2D eigenvalue weighted by atomic mass is 16.5. The van der Waals surface area contributed by atoms with Gasteiger partial charge in [0.2, 0.25) is 5.91 Å². The molecule has 4 rings (SSSR count). The molecule has 2 aliphatic rings.